The van der Waals surface area contributed by atoms with Crippen LogP contribution in [0.3, 0.4) is 0 Å². The zero-order chi connectivity index (χ0) is 13.7. The van der Waals surface area contributed by atoms with Gasteiger partial charge in [-0.25, -0.2) is 4.79 Å². The fourth-order valence-electron chi connectivity index (χ4n) is 1.19. The van der Waals surface area contributed by atoms with Gasteiger partial charge in [-0.15, -0.1) is 0 Å². The molecule has 1 aromatic rings. The molecule has 96 valence electrons. The third-order valence-electron chi connectivity index (χ3n) is 2.02. The maximum absolute atomic E-state index is 11.1. The minimum Gasteiger partial charge on any atom is -0.480 e. The normalized spacial score (nSPS) is 16.1. The molecular weight excluding hydrogens is 244 g/mol. The van der Waals surface area contributed by atoms with Gasteiger partial charge in [0.05, 0.1) is 22.6 Å². The summed E-state index contributed by atoms with van der Waals surface area (Å²) in [5, 5.41) is 18.1. The smallest absolute Gasteiger partial charge is 0.383 e. The van der Waals surface area contributed by atoms with E-state index in [1.165, 1.54) is 24.3 Å². The third kappa shape index (κ3) is 3.25. The second-order valence-electron chi connectivity index (χ2n) is 3.26. The van der Waals surface area contributed by atoms with E-state index in [-0.39, 0.29) is 6.54 Å². The number of carboxylic acids is 1. The number of carbonyl (C=O) groups excluding carboxylic acids is 1. The Morgan fingerprint density at radius 2 is 1.94 bits per heavy atom. The lowest BCUT2D eigenvalue weighted by Crippen LogP contribution is -2.15. The highest BCUT2D eigenvalue weighted by Crippen LogP contribution is 2.24. The van der Waals surface area contributed by atoms with Crippen LogP contribution in [0.15, 0.2) is 24.3 Å². The molecule has 2 aliphatic rings. The van der Waals surface area contributed by atoms with E-state index in [1.54, 1.807) is 0 Å². The van der Waals surface area contributed by atoms with Gasteiger partial charge < -0.3 is 15.6 Å². The van der Waals surface area contributed by atoms with E-state index in [1.807, 2.05) is 0 Å². The van der Waals surface area contributed by atoms with Crippen molar-refractivity contribution < 1.29 is 24.4 Å². The van der Waals surface area contributed by atoms with Crippen molar-refractivity contribution in [1.82, 2.24) is 0 Å². The summed E-state index contributed by atoms with van der Waals surface area (Å²) in [4.78, 5) is 30.2. The SMILES string of the molecule is NCC(=O)O.O=C1OC([N+](=O)[O-])c2ccc1cc2. The third-order valence-corrected chi connectivity index (χ3v) is 2.02. The Morgan fingerprint density at radius 3 is 2.33 bits per heavy atom. The van der Waals surface area contributed by atoms with Crippen LogP contribution in [0.5, 0.6) is 0 Å². The van der Waals surface area contributed by atoms with Crippen molar-refractivity contribution in [3.8, 4) is 0 Å². The Kier molecular flexibility index (Phi) is 4.33. The van der Waals surface area contributed by atoms with E-state index in [0.29, 0.717) is 11.1 Å². The molecule has 3 N–H and O–H groups in total. The Bertz CT molecular complexity index is 470. The second-order valence-corrected chi connectivity index (χ2v) is 3.26. The minimum atomic E-state index is -1.36. The molecule has 0 radical (unpaired) electrons. The monoisotopic (exact) mass is 254 g/mol. The van der Waals surface area contributed by atoms with Gasteiger partial charge in [0.2, 0.25) is 0 Å². The predicted molar refractivity (Wildman–Crippen MR) is 58.3 cm³/mol. The summed E-state index contributed by atoms with van der Waals surface area (Å²) in [5.74, 6) is -1.62. The lowest BCUT2D eigenvalue weighted by molar-refractivity contribution is -0.574. The first kappa shape index (κ1) is 13.6. The lowest BCUT2D eigenvalue weighted by Gasteiger charge is -2.05. The van der Waals surface area contributed by atoms with Crippen LogP contribution in [0.2, 0.25) is 0 Å². The van der Waals surface area contributed by atoms with Gasteiger partial charge in [-0.05, 0) is 24.3 Å². The second kappa shape index (κ2) is 5.73. The van der Waals surface area contributed by atoms with Crippen LogP contribution in [0.4, 0.5) is 0 Å². The molecule has 2 aliphatic heterocycles. The van der Waals surface area contributed by atoms with Crippen molar-refractivity contribution in [1.29, 1.82) is 0 Å². The highest BCUT2D eigenvalue weighted by atomic mass is 16.7. The number of nitro groups is 1. The molecule has 3 rings (SSSR count). The number of carboxylic acid groups (broad SMARTS) is 1. The number of hydrogen-bond donors (Lipinski definition) is 2. The Morgan fingerprint density at radius 1 is 1.44 bits per heavy atom. The van der Waals surface area contributed by atoms with Gasteiger partial charge in [-0.2, -0.15) is 0 Å². The summed E-state index contributed by atoms with van der Waals surface area (Å²) in [6.45, 7) is -0.278. The van der Waals surface area contributed by atoms with Crippen LogP contribution in [-0.4, -0.2) is 28.5 Å². The molecule has 0 saturated heterocycles. The van der Waals surface area contributed by atoms with Crippen molar-refractivity contribution in [3.05, 3.63) is 45.5 Å². The Balaban J connectivity index is 0.000000280. The molecule has 0 aromatic heterocycles. The van der Waals surface area contributed by atoms with Crippen molar-refractivity contribution in [2.75, 3.05) is 6.54 Å². The first-order valence-corrected chi connectivity index (χ1v) is 4.82. The first-order chi connectivity index (χ1) is 8.45. The Labute approximate surface area is 101 Å². The molecular formula is C10H10N2O6. The maximum Gasteiger partial charge on any atom is 0.383 e. The van der Waals surface area contributed by atoms with Gasteiger partial charge in [0.25, 0.3) is 0 Å². The fraction of sp³-hybridized carbons (Fsp3) is 0.200. The summed E-state index contributed by atoms with van der Waals surface area (Å²) < 4.78 is 4.62. The molecule has 1 aromatic carbocycles. The van der Waals surface area contributed by atoms with Gasteiger partial charge >= 0.3 is 18.2 Å². The van der Waals surface area contributed by atoms with E-state index >= 15 is 0 Å². The topological polar surface area (TPSA) is 133 Å². The fourth-order valence-corrected chi connectivity index (χ4v) is 1.19. The average molecular weight is 254 g/mol. The largest absolute Gasteiger partial charge is 0.480 e. The number of rotatable bonds is 2. The number of nitrogens with zero attached hydrogens (tertiary/aromatic N) is 1. The standard InChI is InChI=1S/C8H5NO4.C2H5NO2/c10-8-6-3-1-5(2-4-6)7(13-8)9(11)12;3-1-2(4)5/h1-4,7H;1,3H2,(H,4,5). The zero-order valence-electron chi connectivity index (χ0n) is 9.11. The van der Waals surface area contributed by atoms with Crippen LogP contribution in [0, 0.1) is 10.1 Å². The lowest BCUT2D eigenvalue weighted by atomic mass is 10.1. The average Bonchev–Trinajstić information content (AvgIpc) is 2.60. The van der Waals surface area contributed by atoms with Crippen LogP contribution in [0.1, 0.15) is 22.1 Å². The zero-order valence-corrected chi connectivity index (χ0v) is 9.11. The highest BCUT2D eigenvalue weighted by molar-refractivity contribution is 5.90. The van der Waals surface area contributed by atoms with Crippen molar-refractivity contribution in [3.63, 3.8) is 0 Å². The quantitative estimate of drug-likeness (QED) is 0.436. The molecule has 0 fully saturated rings. The molecule has 8 heteroatoms. The summed E-state index contributed by atoms with van der Waals surface area (Å²) in [5.41, 5.74) is 5.30. The molecule has 1 unspecified atom stereocenters. The van der Waals surface area contributed by atoms with E-state index in [0.717, 1.165) is 0 Å². The van der Waals surface area contributed by atoms with Gasteiger partial charge in [0, 0.05) is 0 Å². The summed E-state index contributed by atoms with van der Waals surface area (Å²) in [7, 11) is 0. The number of aliphatic carboxylic acids is 1. The van der Waals surface area contributed by atoms with Gasteiger partial charge in [-0.1, -0.05) is 0 Å². The summed E-state index contributed by atoms with van der Waals surface area (Å²) in [6, 6.07) is 6.07. The van der Waals surface area contributed by atoms with E-state index in [2.05, 4.69) is 10.5 Å². The van der Waals surface area contributed by atoms with Crippen LogP contribution in [-0.2, 0) is 9.53 Å². The van der Waals surface area contributed by atoms with Gasteiger partial charge in [0.1, 0.15) is 0 Å². The summed E-state index contributed by atoms with van der Waals surface area (Å²) in [6.07, 6.45) is -1.36. The molecule has 0 aliphatic carbocycles. The molecule has 8 nitrogen and oxygen atoms in total. The highest BCUT2D eigenvalue weighted by Gasteiger charge is 2.30. The van der Waals surface area contributed by atoms with E-state index < -0.39 is 23.1 Å². The first-order valence-electron chi connectivity index (χ1n) is 4.82. The van der Waals surface area contributed by atoms with Gasteiger partial charge in [-0.3, -0.25) is 14.9 Å². The maximum atomic E-state index is 11.1. The van der Waals surface area contributed by atoms with E-state index in [4.69, 9.17) is 5.11 Å². The molecule has 0 amide bonds. The molecule has 2 bridgehead atoms. The number of nitrogens with two attached hydrogens (primary N) is 1. The van der Waals surface area contributed by atoms with Crippen molar-refractivity contribution in [2.24, 2.45) is 5.73 Å². The van der Waals surface area contributed by atoms with Gasteiger partial charge in [0.15, 0.2) is 0 Å². The Hall–Kier alpha value is -2.48. The molecule has 0 spiro atoms. The minimum absolute atomic E-state index is 0.278. The van der Waals surface area contributed by atoms with E-state index in [9.17, 15) is 19.7 Å². The van der Waals surface area contributed by atoms with Crippen LogP contribution < -0.4 is 5.73 Å². The number of carbonyl (C=O) groups is 2. The van der Waals surface area contributed by atoms with Crippen LogP contribution >= 0.6 is 0 Å². The van der Waals surface area contributed by atoms with Crippen molar-refractivity contribution >= 4 is 11.9 Å². The number of fused-ring (bicyclic) bond motifs is 4. The molecule has 2 heterocycles. The number of ether oxygens (including phenoxy) is 1. The number of esters is 1. The van der Waals surface area contributed by atoms with Crippen LogP contribution in [0.25, 0.3) is 0 Å². The number of benzene rings is 1. The van der Waals surface area contributed by atoms with Crippen molar-refractivity contribution in [2.45, 2.75) is 6.23 Å². The molecule has 18 heavy (non-hydrogen) atoms. The summed E-state index contributed by atoms with van der Waals surface area (Å²) >= 11 is 0. The molecule has 0 saturated carbocycles. The number of hydrogen-bond acceptors (Lipinski definition) is 6. The molecule has 1 atom stereocenters. The predicted octanol–water partition coefficient (Wildman–Crippen LogP) is 0.162.